The Morgan fingerprint density at radius 2 is 1.74 bits per heavy atom. The number of piperidine rings is 1. The van der Waals surface area contributed by atoms with Crippen LogP contribution in [0.4, 0.5) is 4.39 Å². The molecule has 0 radical (unpaired) electrons. The Balaban J connectivity index is 1.50. The smallest absolute Gasteiger partial charge is 0.257 e. The molecule has 4 rings (SSSR count). The lowest BCUT2D eigenvalue weighted by Crippen LogP contribution is -2.41. The summed E-state index contributed by atoms with van der Waals surface area (Å²) in [6, 6.07) is 6.11. The average molecular weight is 373 g/mol. The van der Waals surface area contributed by atoms with Crippen molar-refractivity contribution in [2.75, 3.05) is 26.3 Å². The number of halogens is 1. The van der Waals surface area contributed by atoms with E-state index in [-0.39, 0.29) is 18.0 Å². The van der Waals surface area contributed by atoms with Crippen molar-refractivity contribution in [1.29, 1.82) is 0 Å². The predicted molar refractivity (Wildman–Crippen MR) is 97.3 cm³/mol. The first-order valence-electron chi connectivity index (χ1n) is 9.39. The van der Waals surface area contributed by atoms with Gasteiger partial charge in [-0.25, -0.2) is 9.07 Å². The Kier molecular flexibility index (Phi) is 4.97. The molecule has 144 valence electrons. The number of aromatic nitrogens is 2. The van der Waals surface area contributed by atoms with Crippen LogP contribution in [0.25, 0.3) is 5.69 Å². The van der Waals surface area contributed by atoms with Crippen molar-refractivity contribution in [3.05, 3.63) is 47.0 Å². The SMILES string of the molecule is Cc1nn(-c2ccc(F)cc2)c(C)c1C(=O)N1CCC(C2OCCO2)CC1. The molecule has 2 fully saturated rings. The van der Waals surface area contributed by atoms with Gasteiger partial charge in [-0.1, -0.05) is 0 Å². The Hall–Kier alpha value is -2.25. The first kappa shape index (κ1) is 18.1. The van der Waals surface area contributed by atoms with E-state index in [1.165, 1.54) is 12.1 Å². The predicted octanol–water partition coefficient (Wildman–Crippen LogP) is 2.85. The molecule has 0 atom stereocenters. The van der Waals surface area contributed by atoms with Gasteiger partial charge >= 0.3 is 0 Å². The zero-order valence-corrected chi connectivity index (χ0v) is 15.7. The highest BCUT2D eigenvalue weighted by atomic mass is 19.1. The number of benzene rings is 1. The number of hydrogen-bond acceptors (Lipinski definition) is 4. The summed E-state index contributed by atoms with van der Waals surface area (Å²) in [6.45, 7) is 6.41. The molecule has 0 N–H and O–H groups in total. The minimum absolute atomic E-state index is 0.00469. The fourth-order valence-electron chi connectivity index (χ4n) is 3.97. The van der Waals surface area contributed by atoms with E-state index in [2.05, 4.69) is 5.10 Å². The van der Waals surface area contributed by atoms with Gasteiger partial charge in [0.15, 0.2) is 6.29 Å². The number of ether oxygens (including phenoxy) is 2. The Morgan fingerprint density at radius 1 is 1.11 bits per heavy atom. The Labute approximate surface area is 157 Å². The summed E-state index contributed by atoms with van der Waals surface area (Å²) in [4.78, 5) is 15.0. The summed E-state index contributed by atoms with van der Waals surface area (Å²) in [5.41, 5.74) is 2.83. The third-order valence-corrected chi connectivity index (χ3v) is 5.44. The van der Waals surface area contributed by atoms with Gasteiger partial charge in [-0.2, -0.15) is 5.10 Å². The van der Waals surface area contributed by atoms with E-state index in [1.54, 1.807) is 16.8 Å². The fraction of sp³-hybridized carbons (Fsp3) is 0.500. The number of carbonyl (C=O) groups excluding carboxylic acids is 1. The molecule has 1 amide bonds. The van der Waals surface area contributed by atoms with Gasteiger partial charge in [-0.15, -0.1) is 0 Å². The molecule has 27 heavy (non-hydrogen) atoms. The Morgan fingerprint density at radius 3 is 2.37 bits per heavy atom. The van der Waals surface area contributed by atoms with E-state index in [4.69, 9.17) is 9.47 Å². The molecule has 0 spiro atoms. The van der Waals surface area contributed by atoms with E-state index < -0.39 is 0 Å². The third-order valence-electron chi connectivity index (χ3n) is 5.44. The van der Waals surface area contributed by atoms with Crippen LogP contribution in [0.3, 0.4) is 0 Å². The first-order valence-corrected chi connectivity index (χ1v) is 9.39. The van der Waals surface area contributed by atoms with Gasteiger partial charge in [0.05, 0.1) is 35.9 Å². The van der Waals surface area contributed by atoms with Gasteiger partial charge in [-0.3, -0.25) is 4.79 Å². The molecule has 2 saturated heterocycles. The maximum Gasteiger partial charge on any atom is 0.257 e. The van der Waals surface area contributed by atoms with Gasteiger partial charge in [0, 0.05) is 19.0 Å². The lowest BCUT2D eigenvalue weighted by atomic mass is 9.95. The van der Waals surface area contributed by atoms with Crippen molar-refractivity contribution >= 4 is 5.91 Å². The van der Waals surface area contributed by atoms with Crippen LogP contribution < -0.4 is 0 Å². The largest absolute Gasteiger partial charge is 0.350 e. The van der Waals surface area contributed by atoms with Crippen LogP contribution in [-0.4, -0.2) is 53.2 Å². The quantitative estimate of drug-likeness (QED) is 0.830. The van der Waals surface area contributed by atoms with Crippen LogP contribution in [-0.2, 0) is 9.47 Å². The zero-order valence-electron chi connectivity index (χ0n) is 15.7. The molecule has 0 bridgehead atoms. The van der Waals surface area contributed by atoms with Crippen molar-refractivity contribution < 1.29 is 18.7 Å². The molecule has 0 aliphatic carbocycles. The molecule has 2 aliphatic heterocycles. The van der Waals surface area contributed by atoms with E-state index >= 15 is 0 Å². The topological polar surface area (TPSA) is 56.6 Å². The van der Waals surface area contributed by atoms with Crippen LogP contribution in [0.5, 0.6) is 0 Å². The molecule has 0 unspecified atom stereocenters. The number of carbonyl (C=O) groups is 1. The van der Waals surface area contributed by atoms with E-state index in [9.17, 15) is 9.18 Å². The monoisotopic (exact) mass is 373 g/mol. The highest BCUT2D eigenvalue weighted by molar-refractivity contribution is 5.96. The highest BCUT2D eigenvalue weighted by Gasteiger charge is 2.33. The number of amides is 1. The number of aryl methyl sites for hydroxylation is 1. The van der Waals surface area contributed by atoms with Gasteiger partial charge in [-0.05, 0) is 51.0 Å². The second-order valence-corrected chi connectivity index (χ2v) is 7.17. The van der Waals surface area contributed by atoms with Crippen LogP contribution >= 0.6 is 0 Å². The number of hydrogen-bond donors (Lipinski definition) is 0. The maximum absolute atomic E-state index is 13.2. The van der Waals surface area contributed by atoms with Gasteiger partial charge in [0.25, 0.3) is 5.91 Å². The van der Waals surface area contributed by atoms with Crippen molar-refractivity contribution in [1.82, 2.24) is 14.7 Å². The van der Waals surface area contributed by atoms with Crippen LogP contribution in [0, 0.1) is 25.6 Å². The summed E-state index contributed by atoms with van der Waals surface area (Å²) in [5, 5.41) is 4.51. The molecule has 7 heteroatoms. The number of likely N-dealkylation sites (tertiary alicyclic amines) is 1. The minimum Gasteiger partial charge on any atom is -0.350 e. The zero-order chi connectivity index (χ0) is 19.0. The standard InChI is InChI=1S/C20H24FN3O3/c1-13-18(14(2)24(22-13)17-5-3-16(21)4-6-17)19(25)23-9-7-15(8-10-23)20-26-11-12-27-20/h3-6,15,20H,7-12H2,1-2H3. The van der Waals surface area contributed by atoms with Crippen molar-refractivity contribution in [3.63, 3.8) is 0 Å². The molecule has 1 aromatic carbocycles. The lowest BCUT2D eigenvalue weighted by Gasteiger charge is -2.33. The fourth-order valence-corrected chi connectivity index (χ4v) is 3.97. The normalized spacial score (nSPS) is 19.0. The van der Waals surface area contributed by atoms with Crippen LogP contribution in [0.15, 0.2) is 24.3 Å². The van der Waals surface area contributed by atoms with E-state index in [1.807, 2.05) is 18.7 Å². The van der Waals surface area contributed by atoms with E-state index in [0.29, 0.717) is 43.5 Å². The van der Waals surface area contributed by atoms with Crippen molar-refractivity contribution in [2.24, 2.45) is 5.92 Å². The summed E-state index contributed by atoms with van der Waals surface area (Å²) in [7, 11) is 0. The highest BCUT2D eigenvalue weighted by Crippen LogP contribution is 2.28. The van der Waals surface area contributed by atoms with Crippen LogP contribution in [0.2, 0.25) is 0 Å². The van der Waals surface area contributed by atoms with Crippen molar-refractivity contribution in [3.8, 4) is 5.69 Å². The first-order chi connectivity index (χ1) is 13.0. The van der Waals surface area contributed by atoms with Crippen molar-refractivity contribution in [2.45, 2.75) is 33.0 Å². The second kappa shape index (κ2) is 7.40. The maximum atomic E-state index is 13.2. The second-order valence-electron chi connectivity index (χ2n) is 7.17. The number of nitrogens with zero attached hydrogens (tertiary/aromatic N) is 3. The number of rotatable bonds is 3. The molecule has 2 aliphatic rings. The lowest BCUT2D eigenvalue weighted by molar-refractivity contribution is -0.0956. The van der Waals surface area contributed by atoms with Crippen LogP contribution in [0.1, 0.15) is 34.6 Å². The molecular formula is C20H24FN3O3. The molecule has 1 aromatic heterocycles. The summed E-state index contributed by atoms with van der Waals surface area (Å²) >= 11 is 0. The third kappa shape index (κ3) is 3.49. The molecule has 0 saturated carbocycles. The van der Waals surface area contributed by atoms with Gasteiger partial charge in [0.1, 0.15) is 5.82 Å². The minimum atomic E-state index is -0.297. The van der Waals surface area contributed by atoms with Gasteiger partial charge < -0.3 is 14.4 Å². The summed E-state index contributed by atoms with van der Waals surface area (Å²) < 4.78 is 26.1. The summed E-state index contributed by atoms with van der Waals surface area (Å²) in [5.74, 6) is 0.0560. The average Bonchev–Trinajstić information content (AvgIpc) is 3.31. The van der Waals surface area contributed by atoms with Gasteiger partial charge in [0.2, 0.25) is 0 Å². The Bertz CT molecular complexity index is 820. The molecule has 6 nitrogen and oxygen atoms in total. The van der Waals surface area contributed by atoms with E-state index in [0.717, 1.165) is 24.2 Å². The molecular weight excluding hydrogens is 349 g/mol. The molecule has 2 aromatic rings. The summed E-state index contributed by atoms with van der Waals surface area (Å²) in [6.07, 6.45) is 1.63. The molecule has 3 heterocycles.